The molecule has 5 aromatic carbocycles. The predicted octanol–water partition coefficient (Wildman–Crippen LogP) is 10.5. The molecule has 0 aliphatic rings. The average molecular weight is 577 g/mol. The lowest BCUT2D eigenvalue weighted by Crippen LogP contribution is -2.17. The number of aromatic nitrogens is 2. The zero-order chi connectivity index (χ0) is 28.5. The highest BCUT2D eigenvalue weighted by Gasteiger charge is 2.20. The van der Waals surface area contributed by atoms with E-state index in [0.29, 0.717) is 16.6 Å². The summed E-state index contributed by atoms with van der Waals surface area (Å²) < 4.78 is 2.29. The molecular weight excluding hydrogens is 545 g/mol. The molecule has 5 heteroatoms. The van der Waals surface area contributed by atoms with Gasteiger partial charge in [0.15, 0.2) is 0 Å². The topological polar surface area (TPSA) is 21.1 Å². The Kier molecular flexibility index (Phi) is 7.57. The van der Waals surface area contributed by atoms with Gasteiger partial charge in [0.05, 0.1) is 32.5 Å². The van der Waals surface area contributed by atoms with Crippen LogP contribution in [0.5, 0.6) is 0 Å². The van der Waals surface area contributed by atoms with Gasteiger partial charge in [-0.3, -0.25) is 4.57 Å². The number of hydrogen-bond donors (Lipinski definition) is 0. The van der Waals surface area contributed by atoms with Gasteiger partial charge in [-0.1, -0.05) is 90.8 Å². The third-order valence-corrected chi connectivity index (χ3v) is 8.40. The van der Waals surface area contributed by atoms with Crippen molar-refractivity contribution in [2.24, 2.45) is 0 Å². The largest absolute Gasteiger partial charge is 0.336 e. The fourth-order valence-electron chi connectivity index (χ4n) is 5.51. The van der Waals surface area contributed by atoms with E-state index in [9.17, 15) is 0 Å². The Balaban J connectivity index is 1.49. The summed E-state index contributed by atoms with van der Waals surface area (Å²) in [6.07, 6.45) is 0.872. The van der Waals surface area contributed by atoms with Gasteiger partial charge in [-0.05, 0) is 91.1 Å². The Morgan fingerprint density at radius 2 is 1.41 bits per heavy atom. The van der Waals surface area contributed by atoms with E-state index in [1.54, 1.807) is 0 Å². The number of halogens is 2. The van der Waals surface area contributed by atoms with Crippen LogP contribution in [0.1, 0.15) is 29.2 Å². The van der Waals surface area contributed by atoms with E-state index in [1.807, 2.05) is 18.2 Å². The molecule has 0 saturated carbocycles. The van der Waals surface area contributed by atoms with Gasteiger partial charge in [0.2, 0.25) is 0 Å². The van der Waals surface area contributed by atoms with Crippen molar-refractivity contribution in [2.45, 2.75) is 33.7 Å². The second-order valence-corrected chi connectivity index (χ2v) is 11.2. The number of para-hydroxylation sites is 3. The molecule has 0 radical (unpaired) electrons. The highest BCUT2D eigenvalue weighted by Crippen LogP contribution is 2.40. The van der Waals surface area contributed by atoms with Crippen molar-refractivity contribution in [1.29, 1.82) is 0 Å². The lowest BCUT2D eigenvalue weighted by molar-refractivity contribution is 0.971. The molecule has 0 bridgehead atoms. The summed E-state index contributed by atoms with van der Waals surface area (Å²) >= 11 is 13.4. The van der Waals surface area contributed by atoms with Crippen LogP contribution in [0.2, 0.25) is 10.0 Å². The minimum atomic E-state index is 0.556. The summed E-state index contributed by atoms with van der Waals surface area (Å²) in [4.78, 5) is 7.34. The van der Waals surface area contributed by atoms with E-state index in [4.69, 9.17) is 28.2 Å². The van der Waals surface area contributed by atoms with E-state index in [2.05, 4.69) is 121 Å². The molecule has 3 nitrogen and oxygen atoms in total. The second-order valence-electron chi connectivity index (χ2n) is 10.4. The van der Waals surface area contributed by atoms with E-state index in [-0.39, 0.29) is 0 Å². The first kappa shape index (κ1) is 27.1. The molecule has 6 aromatic rings. The number of benzene rings is 5. The fraction of sp³-hybridized carbons (Fsp3) is 0.139. The Morgan fingerprint density at radius 1 is 0.732 bits per heavy atom. The van der Waals surface area contributed by atoms with Gasteiger partial charge in [0.25, 0.3) is 0 Å². The second kappa shape index (κ2) is 11.4. The van der Waals surface area contributed by atoms with Crippen molar-refractivity contribution in [1.82, 2.24) is 9.55 Å². The standard InChI is InChI=1S/C36H31Cl2N3/c1-4-26-21-30(37)34(38)33(22-26)40(23-27-13-6-5-7-14-27)29-19-17-28(18-20-29)36-39-31-15-8-9-16-32(31)41(36)35-24(2)11-10-12-25(35)3/h5-22H,4,23H2,1-3H3. The molecule has 0 unspecified atom stereocenters. The molecule has 0 N–H and O–H groups in total. The zero-order valence-electron chi connectivity index (χ0n) is 23.4. The van der Waals surface area contributed by atoms with E-state index in [0.717, 1.165) is 45.8 Å². The van der Waals surface area contributed by atoms with Gasteiger partial charge in [-0.25, -0.2) is 4.98 Å². The average Bonchev–Trinajstić information content (AvgIpc) is 3.37. The minimum Gasteiger partial charge on any atom is -0.336 e. The van der Waals surface area contributed by atoms with Gasteiger partial charge in [-0.2, -0.15) is 0 Å². The van der Waals surface area contributed by atoms with Gasteiger partial charge in [0.1, 0.15) is 5.82 Å². The number of nitrogens with zero attached hydrogens (tertiary/aromatic N) is 3. The summed E-state index contributed by atoms with van der Waals surface area (Å²) in [5.74, 6) is 0.916. The van der Waals surface area contributed by atoms with Crippen LogP contribution >= 0.6 is 23.2 Å². The first-order valence-electron chi connectivity index (χ1n) is 13.9. The highest BCUT2D eigenvalue weighted by atomic mass is 35.5. The van der Waals surface area contributed by atoms with Gasteiger partial charge < -0.3 is 4.90 Å². The number of imidazole rings is 1. The Morgan fingerprint density at radius 3 is 2.12 bits per heavy atom. The number of fused-ring (bicyclic) bond motifs is 1. The molecule has 6 rings (SSSR count). The fourth-order valence-corrected chi connectivity index (χ4v) is 5.95. The molecular formula is C36H31Cl2N3. The normalized spacial score (nSPS) is 11.2. The molecule has 0 spiro atoms. The van der Waals surface area contributed by atoms with Crippen molar-refractivity contribution in [3.05, 3.63) is 141 Å². The summed E-state index contributed by atoms with van der Waals surface area (Å²) in [5.41, 5.74) is 10.9. The molecule has 0 aliphatic carbocycles. The van der Waals surface area contributed by atoms with Gasteiger partial charge in [0, 0.05) is 17.8 Å². The number of anilines is 2. The molecule has 204 valence electrons. The van der Waals surface area contributed by atoms with Crippen LogP contribution in [-0.2, 0) is 13.0 Å². The molecule has 1 heterocycles. The van der Waals surface area contributed by atoms with Crippen LogP contribution in [0.25, 0.3) is 28.1 Å². The maximum absolute atomic E-state index is 6.84. The monoisotopic (exact) mass is 575 g/mol. The molecule has 0 aliphatic heterocycles. The third-order valence-electron chi connectivity index (χ3n) is 7.61. The van der Waals surface area contributed by atoms with Crippen LogP contribution in [0.4, 0.5) is 11.4 Å². The van der Waals surface area contributed by atoms with Crippen molar-refractivity contribution >= 4 is 45.6 Å². The molecule has 1 aromatic heterocycles. The van der Waals surface area contributed by atoms with Crippen LogP contribution in [0, 0.1) is 13.8 Å². The van der Waals surface area contributed by atoms with Gasteiger partial charge >= 0.3 is 0 Å². The van der Waals surface area contributed by atoms with E-state index >= 15 is 0 Å². The summed E-state index contributed by atoms with van der Waals surface area (Å²) in [5, 5.41) is 1.12. The third kappa shape index (κ3) is 5.24. The molecule has 0 saturated heterocycles. The Bertz CT molecular complexity index is 1820. The van der Waals surface area contributed by atoms with Crippen LogP contribution in [0.3, 0.4) is 0 Å². The lowest BCUT2D eigenvalue weighted by atomic mass is 10.1. The molecule has 0 amide bonds. The zero-order valence-corrected chi connectivity index (χ0v) is 24.9. The summed E-state index contributed by atoms with van der Waals surface area (Å²) in [7, 11) is 0. The Hall–Kier alpha value is -4.05. The van der Waals surface area contributed by atoms with Crippen molar-refractivity contribution in [3.8, 4) is 17.1 Å². The summed E-state index contributed by atoms with van der Waals surface area (Å²) in [6.45, 7) is 7.10. The predicted molar refractivity (Wildman–Crippen MR) is 174 cm³/mol. The number of hydrogen-bond acceptors (Lipinski definition) is 2. The lowest BCUT2D eigenvalue weighted by Gasteiger charge is -2.27. The minimum absolute atomic E-state index is 0.556. The SMILES string of the molecule is CCc1cc(Cl)c(Cl)c(N(Cc2ccccc2)c2ccc(-c3nc4ccccc4n3-c3c(C)cccc3C)cc2)c1. The maximum Gasteiger partial charge on any atom is 0.145 e. The highest BCUT2D eigenvalue weighted by molar-refractivity contribution is 6.43. The van der Waals surface area contributed by atoms with Crippen LogP contribution < -0.4 is 4.90 Å². The van der Waals surface area contributed by atoms with Crippen LogP contribution in [0.15, 0.2) is 109 Å². The number of rotatable bonds is 7. The molecule has 41 heavy (non-hydrogen) atoms. The Labute approximate surface area is 251 Å². The van der Waals surface area contributed by atoms with Crippen molar-refractivity contribution < 1.29 is 0 Å². The van der Waals surface area contributed by atoms with Crippen molar-refractivity contribution in [3.63, 3.8) is 0 Å². The maximum atomic E-state index is 6.84. The van der Waals surface area contributed by atoms with E-state index < -0.39 is 0 Å². The molecule has 0 fully saturated rings. The summed E-state index contributed by atoms with van der Waals surface area (Å²) in [6, 6.07) is 37.9. The van der Waals surface area contributed by atoms with E-state index in [1.165, 1.54) is 22.4 Å². The number of aryl methyl sites for hydroxylation is 3. The van der Waals surface area contributed by atoms with Crippen molar-refractivity contribution in [2.75, 3.05) is 4.90 Å². The first-order chi connectivity index (χ1) is 19.9. The van der Waals surface area contributed by atoms with Gasteiger partial charge in [-0.15, -0.1) is 0 Å². The molecule has 0 atom stereocenters. The quantitative estimate of drug-likeness (QED) is 0.189. The first-order valence-corrected chi connectivity index (χ1v) is 14.6. The smallest absolute Gasteiger partial charge is 0.145 e. The van der Waals surface area contributed by atoms with Crippen LogP contribution in [-0.4, -0.2) is 9.55 Å².